The first kappa shape index (κ1) is 16.4. The molecule has 3 rings (SSSR count). The quantitative estimate of drug-likeness (QED) is 0.938. The summed E-state index contributed by atoms with van der Waals surface area (Å²) in [5.74, 6) is 1.37. The largest absolute Gasteiger partial charge is 0.365 e. The predicted molar refractivity (Wildman–Crippen MR) is 94.8 cm³/mol. The van der Waals surface area contributed by atoms with Crippen LogP contribution in [0, 0.1) is 12.8 Å². The van der Waals surface area contributed by atoms with E-state index in [2.05, 4.69) is 53.4 Å². The number of carbonyl (C=O) groups excluding carboxylic acids is 1. The summed E-state index contributed by atoms with van der Waals surface area (Å²) in [5.41, 5.74) is 2.85. The van der Waals surface area contributed by atoms with Crippen LogP contribution in [0.15, 0.2) is 36.7 Å². The number of amides is 1. The Morgan fingerprint density at radius 3 is 2.50 bits per heavy atom. The second kappa shape index (κ2) is 7.43. The number of rotatable bonds is 4. The van der Waals surface area contributed by atoms with E-state index >= 15 is 0 Å². The molecule has 5 heteroatoms. The molecule has 24 heavy (non-hydrogen) atoms. The number of benzene rings is 1. The van der Waals surface area contributed by atoms with Crippen molar-refractivity contribution in [2.75, 3.05) is 18.4 Å². The number of aromatic nitrogens is 2. The van der Waals surface area contributed by atoms with Crippen molar-refractivity contribution in [3.63, 3.8) is 0 Å². The minimum absolute atomic E-state index is 0.0144. The number of nitrogens with one attached hydrogen (secondary N) is 1. The summed E-state index contributed by atoms with van der Waals surface area (Å²) >= 11 is 0. The first-order valence-corrected chi connectivity index (χ1v) is 8.52. The monoisotopic (exact) mass is 324 g/mol. The highest BCUT2D eigenvalue weighted by Crippen LogP contribution is 2.17. The third-order valence-corrected chi connectivity index (χ3v) is 4.54. The number of hydrogen-bond donors (Lipinski definition) is 1. The molecule has 1 aliphatic rings. The van der Waals surface area contributed by atoms with Gasteiger partial charge in [-0.15, -0.1) is 0 Å². The van der Waals surface area contributed by atoms with Gasteiger partial charge in [-0.1, -0.05) is 36.8 Å². The molecule has 1 saturated heterocycles. The number of nitrogens with zero attached hydrogens (tertiary/aromatic N) is 3. The molecular weight excluding hydrogens is 300 g/mol. The van der Waals surface area contributed by atoms with Gasteiger partial charge in [-0.3, -0.25) is 4.79 Å². The summed E-state index contributed by atoms with van der Waals surface area (Å²) in [7, 11) is 0. The number of anilines is 1. The zero-order chi connectivity index (χ0) is 16.9. The zero-order valence-electron chi connectivity index (χ0n) is 14.3. The molecule has 1 aromatic carbocycles. The minimum Gasteiger partial charge on any atom is -0.365 e. The van der Waals surface area contributed by atoms with Crippen molar-refractivity contribution in [1.82, 2.24) is 14.9 Å². The fourth-order valence-corrected chi connectivity index (χ4v) is 2.80. The van der Waals surface area contributed by atoms with Gasteiger partial charge >= 0.3 is 0 Å². The molecule has 1 aromatic heterocycles. The lowest BCUT2D eigenvalue weighted by Gasteiger charge is -2.29. The Hall–Kier alpha value is -2.43. The summed E-state index contributed by atoms with van der Waals surface area (Å²) in [5, 5.41) is 3.23. The van der Waals surface area contributed by atoms with Gasteiger partial charge in [-0.05, 0) is 31.2 Å². The third-order valence-electron chi connectivity index (χ3n) is 4.54. The van der Waals surface area contributed by atoms with E-state index in [0.717, 1.165) is 25.9 Å². The molecule has 0 radical (unpaired) electrons. The Labute approximate surface area is 143 Å². The molecule has 0 bridgehead atoms. The highest BCUT2D eigenvalue weighted by Gasteiger charge is 2.22. The first-order chi connectivity index (χ1) is 11.6. The number of aryl methyl sites for hydroxylation is 1. The lowest BCUT2D eigenvalue weighted by atomic mass is 9.99. The summed E-state index contributed by atoms with van der Waals surface area (Å²) < 4.78 is 0. The van der Waals surface area contributed by atoms with Crippen molar-refractivity contribution in [2.24, 2.45) is 5.92 Å². The summed E-state index contributed by atoms with van der Waals surface area (Å²) in [6, 6.07) is 8.35. The summed E-state index contributed by atoms with van der Waals surface area (Å²) in [6.07, 6.45) is 5.33. The number of carbonyl (C=O) groups is 1. The molecule has 1 aliphatic heterocycles. The van der Waals surface area contributed by atoms with Crippen molar-refractivity contribution in [3.05, 3.63) is 53.5 Å². The van der Waals surface area contributed by atoms with Crippen molar-refractivity contribution < 1.29 is 4.79 Å². The van der Waals surface area contributed by atoms with Gasteiger partial charge in [-0.25, -0.2) is 9.97 Å². The van der Waals surface area contributed by atoms with Crippen LogP contribution < -0.4 is 5.32 Å². The standard InChI is InChI=1S/C19H24N4O/c1-14-3-5-16(6-4-14)11-21-18-13-20-17(12-22-18)19(24)23-9-7-15(2)8-10-23/h3-6,12-13,15H,7-11H2,1-2H3,(H,21,22). The van der Waals surface area contributed by atoms with Crippen LogP contribution >= 0.6 is 0 Å². The van der Waals surface area contributed by atoms with Gasteiger partial charge in [0.2, 0.25) is 0 Å². The van der Waals surface area contributed by atoms with E-state index < -0.39 is 0 Å². The molecule has 1 amide bonds. The molecule has 0 aliphatic carbocycles. The number of piperidine rings is 1. The van der Waals surface area contributed by atoms with Crippen LogP contribution in [-0.4, -0.2) is 33.9 Å². The molecule has 5 nitrogen and oxygen atoms in total. The molecule has 2 heterocycles. The fourth-order valence-electron chi connectivity index (χ4n) is 2.80. The lowest BCUT2D eigenvalue weighted by Crippen LogP contribution is -2.38. The Balaban J connectivity index is 1.56. The molecule has 1 fully saturated rings. The Morgan fingerprint density at radius 1 is 1.17 bits per heavy atom. The van der Waals surface area contributed by atoms with Crippen LogP contribution in [0.2, 0.25) is 0 Å². The molecule has 0 spiro atoms. The fraction of sp³-hybridized carbons (Fsp3) is 0.421. The van der Waals surface area contributed by atoms with E-state index in [4.69, 9.17) is 0 Å². The Bertz CT molecular complexity index is 674. The summed E-state index contributed by atoms with van der Waals surface area (Å²) in [4.78, 5) is 22.9. The normalized spacial score (nSPS) is 15.3. The van der Waals surface area contributed by atoms with Crippen molar-refractivity contribution in [2.45, 2.75) is 33.2 Å². The van der Waals surface area contributed by atoms with Crippen LogP contribution in [0.5, 0.6) is 0 Å². The van der Waals surface area contributed by atoms with Crippen molar-refractivity contribution in [3.8, 4) is 0 Å². The van der Waals surface area contributed by atoms with Crippen LogP contribution in [0.1, 0.15) is 41.4 Å². The second-order valence-electron chi connectivity index (χ2n) is 6.60. The molecule has 0 saturated carbocycles. The maximum atomic E-state index is 12.4. The smallest absolute Gasteiger partial charge is 0.274 e. The van der Waals surface area contributed by atoms with E-state index in [1.54, 1.807) is 12.4 Å². The van der Waals surface area contributed by atoms with E-state index in [-0.39, 0.29) is 5.91 Å². The van der Waals surface area contributed by atoms with Crippen molar-refractivity contribution >= 4 is 11.7 Å². The van der Waals surface area contributed by atoms with Gasteiger partial charge in [0.1, 0.15) is 11.5 Å². The average Bonchev–Trinajstić information content (AvgIpc) is 2.62. The topological polar surface area (TPSA) is 58.1 Å². The molecule has 0 atom stereocenters. The van der Waals surface area contributed by atoms with E-state index in [1.807, 2.05) is 4.90 Å². The van der Waals surface area contributed by atoms with Gasteiger partial charge < -0.3 is 10.2 Å². The third kappa shape index (κ3) is 4.10. The van der Waals surface area contributed by atoms with Crippen LogP contribution in [0.4, 0.5) is 5.82 Å². The maximum absolute atomic E-state index is 12.4. The Morgan fingerprint density at radius 2 is 1.88 bits per heavy atom. The number of hydrogen-bond acceptors (Lipinski definition) is 4. The molecular formula is C19H24N4O. The SMILES string of the molecule is Cc1ccc(CNc2cnc(C(=O)N3CCC(C)CC3)cn2)cc1. The van der Waals surface area contributed by atoms with Crippen LogP contribution in [0.3, 0.4) is 0 Å². The van der Waals surface area contributed by atoms with E-state index in [0.29, 0.717) is 24.0 Å². The van der Waals surface area contributed by atoms with Gasteiger partial charge in [-0.2, -0.15) is 0 Å². The first-order valence-electron chi connectivity index (χ1n) is 8.52. The Kier molecular flexibility index (Phi) is 5.08. The zero-order valence-corrected chi connectivity index (χ0v) is 14.3. The second-order valence-corrected chi connectivity index (χ2v) is 6.60. The van der Waals surface area contributed by atoms with Crippen LogP contribution in [0.25, 0.3) is 0 Å². The molecule has 0 unspecified atom stereocenters. The highest BCUT2D eigenvalue weighted by molar-refractivity contribution is 5.92. The lowest BCUT2D eigenvalue weighted by molar-refractivity contribution is 0.0691. The van der Waals surface area contributed by atoms with Crippen LogP contribution in [-0.2, 0) is 6.54 Å². The average molecular weight is 324 g/mol. The van der Waals surface area contributed by atoms with E-state index in [1.165, 1.54) is 11.1 Å². The van der Waals surface area contributed by atoms with Gasteiger partial charge in [0.15, 0.2) is 0 Å². The molecule has 2 aromatic rings. The predicted octanol–water partition coefficient (Wildman–Crippen LogP) is 3.27. The highest BCUT2D eigenvalue weighted by atomic mass is 16.2. The number of likely N-dealkylation sites (tertiary alicyclic amines) is 1. The molecule has 1 N–H and O–H groups in total. The van der Waals surface area contributed by atoms with Gasteiger partial charge in [0.25, 0.3) is 5.91 Å². The van der Waals surface area contributed by atoms with E-state index in [9.17, 15) is 4.79 Å². The van der Waals surface area contributed by atoms with Gasteiger partial charge in [0.05, 0.1) is 12.4 Å². The molecule has 126 valence electrons. The maximum Gasteiger partial charge on any atom is 0.274 e. The van der Waals surface area contributed by atoms with Gasteiger partial charge in [0, 0.05) is 19.6 Å². The summed E-state index contributed by atoms with van der Waals surface area (Å²) in [6.45, 7) is 6.62. The minimum atomic E-state index is -0.0144. The van der Waals surface area contributed by atoms with Crippen molar-refractivity contribution in [1.29, 1.82) is 0 Å².